The summed E-state index contributed by atoms with van der Waals surface area (Å²) in [6, 6.07) is 20.0. The van der Waals surface area contributed by atoms with E-state index in [2.05, 4.69) is 22.8 Å². The molecule has 3 aliphatic rings. The van der Waals surface area contributed by atoms with Gasteiger partial charge in [-0.1, -0.05) is 73.5 Å². The first-order valence-corrected chi connectivity index (χ1v) is 22.5. The Morgan fingerprint density at radius 3 is 2.57 bits per heavy atom. The van der Waals surface area contributed by atoms with Crippen molar-refractivity contribution in [2.45, 2.75) is 87.5 Å². The smallest absolute Gasteiger partial charge is 0.245 e. The first-order chi connectivity index (χ1) is 29.2. The standard InChI is InChI=1S/C47H56FN3O8S/c1-4-24-51(60(54,55)42-20-12-16-32-17-13-23-49-46(32)42)43-30-40(50-56-3)37-28-33(14-8-10-25-52)36(18-9-11-26-53)44-38-29-35(57-31-34-15-6-7-19-39(34)48)21-22-41(38)59-47(43,45(37)44)58-27-5-2/h5-7,12-13,15-17,19-23,28-29,33,36,43-45,52-53H,2,4,8-11,14,18,24-27,30-31H2,1,3H3. The zero-order valence-corrected chi connectivity index (χ0v) is 35.2. The predicted octanol–water partition coefficient (Wildman–Crippen LogP) is 8.32. The van der Waals surface area contributed by atoms with Crippen LogP contribution in [0.15, 0.2) is 113 Å². The fourth-order valence-corrected chi connectivity index (χ4v) is 11.6. The van der Waals surface area contributed by atoms with Crippen molar-refractivity contribution in [1.82, 2.24) is 9.29 Å². The van der Waals surface area contributed by atoms with Crippen LogP contribution in [0.25, 0.3) is 10.9 Å². The summed E-state index contributed by atoms with van der Waals surface area (Å²) in [5, 5.41) is 25.1. The lowest BCUT2D eigenvalue weighted by Gasteiger charge is -2.59. The lowest BCUT2D eigenvalue weighted by atomic mass is 9.55. The SMILES string of the molecule is C=CCOC12Oc3ccc(OCc4ccccc4F)cc3C3C(CCCCO)C(CCCCO)C=C(C(=NOC)CC1N(CCC)S(=O)(=O)c1cccc4cccnc14)C32. The number of unbranched alkanes of at least 4 members (excludes halogenated alkanes) is 2. The number of hydrogen-bond acceptors (Lipinski definition) is 10. The predicted molar refractivity (Wildman–Crippen MR) is 229 cm³/mol. The molecule has 13 heteroatoms. The summed E-state index contributed by atoms with van der Waals surface area (Å²) in [6.45, 7) is 6.29. The van der Waals surface area contributed by atoms with Crippen LogP contribution in [0.5, 0.6) is 11.5 Å². The van der Waals surface area contributed by atoms with Gasteiger partial charge in [-0.3, -0.25) is 4.98 Å². The first kappa shape index (κ1) is 43.4. The number of nitrogens with zero attached hydrogens (tertiary/aromatic N) is 3. The Bertz CT molecular complexity index is 2300. The van der Waals surface area contributed by atoms with Crippen LogP contribution in [0.3, 0.4) is 0 Å². The summed E-state index contributed by atoms with van der Waals surface area (Å²) in [4.78, 5) is 10.2. The molecular weight excluding hydrogens is 786 g/mol. The van der Waals surface area contributed by atoms with Crippen LogP contribution in [0, 0.1) is 23.6 Å². The van der Waals surface area contributed by atoms with Crippen molar-refractivity contribution in [3.05, 3.63) is 120 Å². The maximum atomic E-state index is 15.4. The van der Waals surface area contributed by atoms with Crippen molar-refractivity contribution in [3.8, 4) is 11.5 Å². The molecule has 2 N–H and O–H groups in total. The minimum atomic E-state index is -4.28. The van der Waals surface area contributed by atoms with Crippen LogP contribution in [-0.4, -0.2) is 78.9 Å². The van der Waals surface area contributed by atoms with Crippen molar-refractivity contribution in [2.75, 3.05) is 33.5 Å². The normalized spacial score (nSPS) is 24.1. The lowest BCUT2D eigenvalue weighted by molar-refractivity contribution is -0.251. The number of oxime groups is 1. The molecule has 7 rings (SSSR count). The maximum absolute atomic E-state index is 15.4. The fourth-order valence-electron chi connectivity index (χ4n) is 9.67. The fraction of sp³-hybridized carbons (Fsp3) is 0.447. The van der Waals surface area contributed by atoms with Crippen LogP contribution in [0.1, 0.15) is 75.3 Å². The number of para-hydroxylation sites is 1. The van der Waals surface area contributed by atoms with E-state index in [1.54, 1.807) is 54.7 Å². The number of aliphatic hydroxyl groups excluding tert-OH is 2. The monoisotopic (exact) mass is 841 g/mol. The van der Waals surface area contributed by atoms with E-state index in [-0.39, 0.29) is 67.9 Å². The van der Waals surface area contributed by atoms with Gasteiger partial charge in [0.15, 0.2) is 0 Å². The number of aliphatic hydroxyl groups is 2. The second kappa shape index (κ2) is 19.4. The highest BCUT2D eigenvalue weighted by Crippen LogP contribution is 2.62. The first-order valence-electron chi connectivity index (χ1n) is 21.1. The summed E-state index contributed by atoms with van der Waals surface area (Å²) >= 11 is 0. The summed E-state index contributed by atoms with van der Waals surface area (Å²) in [6.07, 6.45) is 10.4. The van der Waals surface area contributed by atoms with Gasteiger partial charge in [-0.2, -0.15) is 4.31 Å². The minimum Gasteiger partial charge on any atom is -0.489 e. The third-order valence-corrected chi connectivity index (χ3v) is 14.1. The second-order valence-corrected chi connectivity index (χ2v) is 17.6. The molecule has 0 spiro atoms. The van der Waals surface area contributed by atoms with Gasteiger partial charge in [-0.25, -0.2) is 12.8 Å². The number of aromatic nitrogens is 1. The van der Waals surface area contributed by atoms with Crippen LogP contribution >= 0.6 is 0 Å². The number of ether oxygens (including phenoxy) is 3. The van der Waals surface area contributed by atoms with Crippen LogP contribution in [0.4, 0.5) is 4.39 Å². The van der Waals surface area contributed by atoms with Crippen LogP contribution < -0.4 is 9.47 Å². The molecule has 0 saturated heterocycles. The van der Waals surface area contributed by atoms with E-state index in [1.807, 2.05) is 31.2 Å². The molecule has 1 aliphatic heterocycles. The van der Waals surface area contributed by atoms with Crippen LogP contribution in [-0.2, 0) is 26.2 Å². The lowest BCUT2D eigenvalue weighted by Crippen LogP contribution is -2.70. The molecule has 0 radical (unpaired) electrons. The van der Waals surface area contributed by atoms with E-state index in [0.29, 0.717) is 52.9 Å². The van der Waals surface area contributed by atoms with Gasteiger partial charge in [0.2, 0.25) is 15.8 Å². The molecule has 3 aromatic carbocycles. The molecule has 11 nitrogen and oxygen atoms in total. The quantitative estimate of drug-likeness (QED) is 0.0511. The van der Waals surface area contributed by atoms with E-state index in [0.717, 1.165) is 36.8 Å². The largest absolute Gasteiger partial charge is 0.489 e. The molecular formula is C47H56FN3O8S. The highest BCUT2D eigenvalue weighted by atomic mass is 32.2. The minimum absolute atomic E-state index is 0.0151. The molecule has 1 aromatic heterocycles. The van der Waals surface area contributed by atoms with Crippen molar-refractivity contribution < 1.29 is 42.1 Å². The van der Waals surface area contributed by atoms with E-state index < -0.39 is 27.8 Å². The van der Waals surface area contributed by atoms with Gasteiger partial charge in [-0.05, 0) is 85.9 Å². The van der Waals surface area contributed by atoms with E-state index in [4.69, 9.17) is 19.0 Å². The highest BCUT2D eigenvalue weighted by molar-refractivity contribution is 7.89. The van der Waals surface area contributed by atoms with Gasteiger partial charge in [0.1, 0.15) is 35.9 Å². The number of fused-ring (bicyclic) bond motifs is 3. The Balaban J connectivity index is 1.45. The number of hydrogen-bond donors (Lipinski definition) is 2. The Hall–Kier alpha value is -4.66. The van der Waals surface area contributed by atoms with Crippen LogP contribution in [0.2, 0.25) is 0 Å². The molecule has 2 aliphatic carbocycles. The molecule has 0 bridgehead atoms. The van der Waals surface area contributed by atoms with Crippen molar-refractivity contribution in [3.63, 3.8) is 0 Å². The molecule has 6 atom stereocenters. The molecule has 0 amide bonds. The zero-order chi connectivity index (χ0) is 42.3. The molecule has 2 heterocycles. The van der Waals surface area contributed by atoms with Crippen molar-refractivity contribution in [1.29, 1.82) is 0 Å². The van der Waals surface area contributed by atoms with E-state index in [9.17, 15) is 14.6 Å². The van der Waals surface area contributed by atoms with E-state index >= 15 is 8.42 Å². The van der Waals surface area contributed by atoms with Crippen molar-refractivity contribution >= 4 is 26.6 Å². The third-order valence-electron chi connectivity index (χ3n) is 12.2. The molecule has 4 aromatic rings. The van der Waals surface area contributed by atoms with Gasteiger partial charge in [0.25, 0.3) is 0 Å². The molecule has 60 heavy (non-hydrogen) atoms. The summed E-state index contributed by atoms with van der Waals surface area (Å²) in [7, 11) is -2.79. The van der Waals surface area contributed by atoms with Gasteiger partial charge < -0.3 is 29.3 Å². The van der Waals surface area contributed by atoms with E-state index in [1.165, 1.54) is 17.5 Å². The summed E-state index contributed by atoms with van der Waals surface area (Å²) in [5.41, 5.74) is 3.11. The van der Waals surface area contributed by atoms with Gasteiger partial charge in [0.05, 0.1) is 29.8 Å². The molecule has 320 valence electrons. The molecule has 1 fully saturated rings. The van der Waals surface area contributed by atoms with Gasteiger partial charge >= 0.3 is 0 Å². The number of benzene rings is 3. The number of sulfonamides is 1. The second-order valence-electron chi connectivity index (χ2n) is 15.8. The molecule has 6 unspecified atom stereocenters. The molecule has 1 saturated carbocycles. The number of rotatable bonds is 20. The Morgan fingerprint density at radius 2 is 1.82 bits per heavy atom. The highest BCUT2D eigenvalue weighted by Gasteiger charge is 2.66. The van der Waals surface area contributed by atoms with Gasteiger partial charge in [-0.15, -0.1) is 6.58 Å². The number of pyridine rings is 1. The Morgan fingerprint density at radius 1 is 1.03 bits per heavy atom. The number of halogens is 1. The Labute approximate surface area is 352 Å². The van der Waals surface area contributed by atoms with Gasteiger partial charge in [0, 0.05) is 54.8 Å². The average molecular weight is 842 g/mol. The Kier molecular flexibility index (Phi) is 14.0. The van der Waals surface area contributed by atoms with Crippen molar-refractivity contribution in [2.24, 2.45) is 22.9 Å². The topological polar surface area (TPSA) is 140 Å². The summed E-state index contributed by atoms with van der Waals surface area (Å²) in [5.74, 6) is -1.79. The maximum Gasteiger partial charge on any atom is 0.245 e. The zero-order valence-electron chi connectivity index (χ0n) is 34.4. The summed E-state index contributed by atoms with van der Waals surface area (Å²) < 4.78 is 67.5. The number of allylic oxidation sites excluding steroid dienone is 1. The third kappa shape index (κ3) is 8.47. The average Bonchev–Trinajstić information content (AvgIpc) is 3.26.